The highest BCUT2D eigenvalue weighted by Gasteiger charge is 2.09. The minimum Gasteiger partial charge on any atom is -0.377 e. The lowest BCUT2D eigenvalue weighted by molar-refractivity contribution is 0.661. The SMILES string of the molecule is CCCn1c(CNc2ccccc2I)nc2ccccc21. The van der Waals surface area contributed by atoms with Crippen LogP contribution in [0.4, 0.5) is 5.69 Å². The Kier molecular flexibility index (Phi) is 4.43. The molecule has 3 aromatic rings. The standard InChI is InChI=1S/C17H18IN3/c1-2-11-21-16-10-6-5-9-15(16)20-17(21)12-19-14-8-4-3-7-13(14)18/h3-10,19H,2,11-12H2,1H3. The molecule has 0 aliphatic rings. The first kappa shape index (κ1) is 14.4. The van der Waals surface area contributed by atoms with Crippen molar-refractivity contribution in [2.45, 2.75) is 26.4 Å². The topological polar surface area (TPSA) is 29.9 Å². The number of fused-ring (bicyclic) bond motifs is 1. The summed E-state index contributed by atoms with van der Waals surface area (Å²) < 4.78 is 3.55. The molecule has 0 radical (unpaired) electrons. The molecule has 3 rings (SSSR count). The van der Waals surface area contributed by atoms with Crippen molar-refractivity contribution >= 4 is 39.3 Å². The first-order chi connectivity index (χ1) is 10.3. The summed E-state index contributed by atoms with van der Waals surface area (Å²) in [5, 5.41) is 3.50. The molecule has 0 unspecified atom stereocenters. The van der Waals surface area contributed by atoms with Crippen molar-refractivity contribution in [3.05, 3.63) is 57.9 Å². The van der Waals surface area contributed by atoms with Crippen LogP contribution in [0.5, 0.6) is 0 Å². The van der Waals surface area contributed by atoms with E-state index in [0.29, 0.717) is 0 Å². The molecule has 108 valence electrons. The summed E-state index contributed by atoms with van der Waals surface area (Å²) in [4.78, 5) is 4.77. The summed E-state index contributed by atoms with van der Waals surface area (Å²) in [6.07, 6.45) is 1.11. The summed E-state index contributed by atoms with van der Waals surface area (Å²) in [5.41, 5.74) is 3.46. The number of imidazole rings is 1. The molecule has 1 N–H and O–H groups in total. The summed E-state index contributed by atoms with van der Waals surface area (Å²) in [7, 11) is 0. The van der Waals surface area contributed by atoms with Crippen LogP contribution in [0.1, 0.15) is 19.2 Å². The molecule has 0 saturated heterocycles. The Hall–Kier alpha value is -1.56. The van der Waals surface area contributed by atoms with Gasteiger partial charge in [-0.15, -0.1) is 0 Å². The summed E-state index contributed by atoms with van der Waals surface area (Å²) in [6.45, 7) is 3.95. The molecular weight excluding hydrogens is 373 g/mol. The highest BCUT2D eigenvalue weighted by atomic mass is 127. The molecule has 1 heterocycles. The van der Waals surface area contributed by atoms with Gasteiger partial charge in [-0.2, -0.15) is 0 Å². The Labute approximate surface area is 138 Å². The van der Waals surface area contributed by atoms with Crippen LogP contribution in [-0.4, -0.2) is 9.55 Å². The van der Waals surface area contributed by atoms with Crippen molar-refractivity contribution in [3.8, 4) is 0 Å². The lowest BCUT2D eigenvalue weighted by Crippen LogP contribution is -2.09. The molecule has 0 atom stereocenters. The fourth-order valence-corrected chi connectivity index (χ4v) is 3.09. The maximum absolute atomic E-state index is 4.77. The number of nitrogens with zero attached hydrogens (tertiary/aromatic N) is 2. The molecule has 0 aliphatic heterocycles. The number of benzene rings is 2. The minimum absolute atomic E-state index is 0.745. The number of rotatable bonds is 5. The molecule has 0 spiro atoms. The van der Waals surface area contributed by atoms with E-state index in [-0.39, 0.29) is 0 Å². The normalized spacial score (nSPS) is 11.0. The third-order valence-electron chi connectivity index (χ3n) is 3.49. The van der Waals surface area contributed by atoms with Crippen molar-refractivity contribution in [2.24, 2.45) is 0 Å². The first-order valence-electron chi connectivity index (χ1n) is 7.22. The van der Waals surface area contributed by atoms with E-state index >= 15 is 0 Å². The van der Waals surface area contributed by atoms with Gasteiger partial charge in [-0.3, -0.25) is 0 Å². The van der Waals surface area contributed by atoms with Gasteiger partial charge in [-0.05, 0) is 53.3 Å². The van der Waals surface area contributed by atoms with Gasteiger partial charge in [-0.25, -0.2) is 4.98 Å². The van der Waals surface area contributed by atoms with Crippen LogP contribution in [0.25, 0.3) is 11.0 Å². The smallest absolute Gasteiger partial charge is 0.129 e. The molecule has 2 aromatic carbocycles. The number of para-hydroxylation sites is 3. The number of hydrogen-bond acceptors (Lipinski definition) is 2. The molecule has 0 amide bonds. The van der Waals surface area contributed by atoms with Crippen LogP contribution in [0, 0.1) is 3.57 Å². The predicted molar refractivity (Wildman–Crippen MR) is 96.5 cm³/mol. The fourth-order valence-electron chi connectivity index (χ4n) is 2.51. The molecule has 0 saturated carbocycles. The molecule has 0 fully saturated rings. The molecule has 21 heavy (non-hydrogen) atoms. The van der Waals surface area contributed by atoms with Crippen molar-refractivity contribution in [1.29, 1.82) is 0 Å². The van der Waals surface area contributed by atoms with Crippen molar-refractivity contribution < 1.29 is 0 Å². The second-order valence-electron chi connectivity index (χ2n) is 5.00. The van der Waals surface area contributed by atoms with E-state index in [1.54, 1.807) is 0 Å². The Morgan fingerprint density at radius 3 is 2.67 bits per heavy atom. The fraction of sp³-hybridized carbons (Fsp3) is 0.235. The number of halogens is 1. The number of hydrogen-bond donors (Lipinski definition) is 1. The van der Waals surface area contributed by atoms with Gasteiger partial charge in [0.15, 0.2) is 0 Å². The van der Waals surface area contributed by atoms with E-state index < -0.39 is 0 Å². The van der Waals surface area contributed by atoms with E-state index in [0.717, 1.165) is 36.5 Å². The van der Waals surface area contributed by atoms with Crippen LogP contribution in [0.2, 0.25) is 0 Å². The number of aryl methyl sites for hydroxylation is 1. The molecule has 0 bridgehead atoms. The number of anilines is 1. The van der Waals surface area contributed by atoms with Crippen molar-refractivity contribution in [3.63, 3.8) is 0 Å². The van der Waals surface area contributed by atoms with Gasteiger partial charge in [-0.1, -0.05) is 31.2 Å². The average Bonchev–Trinajstić information content (AvgIpc) is 2.85. The maximum Gasteiger partial charge on any atom is 0.129 e. The first-order valence-corrected chi connectivity index (χ1v) is 8.30. The van der Waals surface area contributed by atoms with Crippen LogP contribution in [0.3, 0.4) is 0 Å². The monoisotopic (exact) mass is 391 g/mol. The van der Waals surface area contributed by atoms with Gasteiger partial charge >= 0.3 is 0 Å². The Balaban J connectivity index is 1.89. The number of nitrogens with one attached hydrogen (secondary N) is 1. The Morgan fingerprint density at radius 1 is 1.10 bits per heavy atom. The summed E-state index contributed by atoms with van der Waals surface area (Å²) in [5.74, 6) is 1.10. The minimum atomic E-state index is 0.745. The van der Waals surface area contributed by atoms with Crippen molar-refractivity contribution in [2.75, 3.05) is 5.32 Å². The Morgan fingerprint density at radius 2 is 1.86 bits per heavy atom. The van der Waals surface area contributed by atoms with Gasteiger partial charge in [0.2, 0.25) is 0 Å². The zero-order chi connectivity index (χ0) is 14.7. The summed E-state index contributed by atoms with van der Waals surface area (Å²) >= 11 is 2.35. The third-order valence-corrected chi connectivity index (χ3v) is 4.43. The quantitative estimate of drug-likeness (QED) is 0.641. The molecule has 3 nitrogen and oxygen atoms in total. The molecule has 1 aromatic heterocycles. The third kappa shape index (κ3) is 3.05. The molecule has 0 aliphatic carbocycles. The van der Waals surface area contributed by atoms with Crippen LogP contribution in [-0.2, 0) is 13.1 Å². The lowest BCUT2D eigenvalue weighted by Gasteiger charge is -2.10. The van der Waals surface area contributed by atoms with E-state index in [1.165, 1.54) is 9.09 Å². The Bertz CT molecular complexity index is 749. The van der Waals surface area contributed by atoms with Gasteiger partial charge in [0, 0.05) is 15.8 Å². The van der Waals surface area contributed by atoms with Crippen LogP contribution in [0.15, 0.2) is 48.5 Å². The lowest BCUT2D eigenvalue weighted by atomic mass is 10.3. The van der Waals surface area contributed by atoms with E-state index in [2.05, 4.69) is 81.9 Å². The van der Waals surface area contributed by atoms with E-state index in [1.807, 2.05) is 6.07 Å². The average molecular weight is 391 g/mol. The number of aromatic nitrogens is 2. The molecule has 4 heteroatoms. The van der Waals surface area contributed by atoms with Crippen molar-refractivity contribution in [1.82, 2.24) is 9.55 Å². The second-order valence-corrected chi connectivity index (χ2v) is 6.16. The van der Waals surface area contributed by atoms with E-state index in [9.17, 15) is 0 Å². The maximum atomic E-state index is 4.77. The van der Waals surface area contributed by atoms with Crippen LogP contribution >= 0.6 is 22.6 Å². The van der Waals surface area contributed by atoms with Crippen LogP contribution < -0.4 is 5.32 Å². The zero-order valence-corrected chi connectivity index (χ0v) is 14.2. The predicted octanol–water partition coefficient (Wildman–Crippen LogP) is 4.66. The zero-order valence-electron chi connectivity index (χ0n) is 12.0. The highest BCUT2D eigenvalue weighted by Crippen LogP contribution is 2.20. The van der Waals surface area contributed by atoms with E-state index in [4.69, 9.17) is 4.98 Å². The van der Waals surface area contributed by atoms with Gasteiger partial charge < -0.3 is 9.88 Å². The summed E-state index contributed by atoms with van der Waals surface area (Å²) in [6, 6.07) is 16.7. The van der Waals surface area contributed by atoms with Gasteiger partial charge in [0.25, 0.3) is 0 Å². The molecular formula is C17H18IN3. The van der Waals surface area contributed by atoms with Gasteiger partial charge in [0.05, 0.1) is 17.6 Å². The highest BCUT2D eigenvalue weighted by molar-refractivity contribution is 14.1. The largest absolute Gasteiger partial charge is 0.377 e. The van der Waals surface area contributed by atoms with Gasteiger partial charge in [0.1, 0.15) is 5.82 Å². The second kappa shape index (κ2) is 6.47.